The van der Waals surface area contributed by atoms with Crippen molar-refractivity contribution >= 4 is 34.6 Å². The van der Waals surface area contributed by atoms with Crippen molar-refractivity contribution in [3.63, 3.8) is 0 Å². The van der Waals surface area contributed by atoms with Gasteiger partial charge in [-0.1, -0.05) is 30.0 Å². The van der Waals surface area contributed by atoms with Crippen molar-refractivity contribution in [2.24, 2.45) is 4.99 Å². The number of piperidine rings is 1. The van der Waals surface area contributed by atoms with E-state index in [1.165, 1.54) is 12.1 Å². The largest absolute Gasteiger partial charge is 0.494 e. The Kier molecular flexibility index (Phi) is 14.0. The van der Waals surface area contributed by atoms with Crippen molar-refractivity contribution in [3.05, 3.63) is 72.6 Å². The van der Waals surface area contributed by atoms with E-state index >= 15 is 0 Å². The van der Waals surface area contributed by atoms with Crippen molar-refractivity contribution in [1.82, 2.24) is 9.80 Å². The molecule has 1 heterocycles. The quantitative estimate of drug-likeness (QED) is 0.183. The van der Waals surface area contributed by atoms with Crippen LogP contribution in [0.15, 0.2) is 71.7 Å². The van der Waals surface area contributed by atoms with Gasteiger partial charge in [-0.05, 0) is 74.9 Å². The third-order valence-corrected chi connectivity index (χ3v) is 6.63. The highest BCUT2D eigenvalue weighted by Crippen LogP contribution is 2.22. The number of aliphatic imine (C=N–C) groups is 1. The van der Waals surface area contributed by atoms with E-state index < -0.39 is 11.9 Å². The predicted molar refractivity (Wildman–Crippen MR) is 150 cm³/mol. The molecule has 38 heavy (non-hydrogen) atoms. The maximum Gasteiger partial charge on any atom is 0.328 e. The molecule has 0 aromatic heterocycles. The van der Waals surface area contributed by atoms with Crippen LogP contribution in [0.1, 0.15) is 25.7 Å². The monoisotopic (exact) mass is 545 g/mol. The lowest BCUT2D eigenvalue weighted by Gasteiger charge is -2.37. The number of unbranched alkanes of at least 4 members (excludes halogenated alkanes) is 1. The molecule has 2 N–H and O–H groups in total. The van der Waals surface area contributed by atoms with Gasteiger partial charge in [-0.2, -0.15) is 0 Å². The maximum absolute atomic E-state index is 12.9. The van der Waals surface area contributed by atoms with E-state index in [1.807, 2.05) is 30.3 Å². The highest BCUT2D eigenvalue weighted by Gasteiger charge is 2.24. The zero-order valence-electron chi connectivity index (χ0n) is 21.8. The van der Waals surface area contributed by atoms with Crippen LogP contribution in [0.4, 0.5) is 10.1 Å². The molecule has 8 nitrogen and oxygen atoms in total. The number of carboxylic acids is 2. The Bertz CT molecular complexity index is 1030. The molecule has 10 heteroatoms. The Morgan fingerprint density at radius 3 is 2.21 bits per heavy atom. The summed E-state index contributed by atoms with van der Waals surface area (Å²) in [4.78, 5) is 28.8. The van der Waals surface area contributed by atoms with Crippen LogP contribution in [0, 0.1) is 5.82 Å². The summed E-state index contributed by atoms with van der Waals surface area (Å²) in [5.74, 6) is -2.01. The standard InChI is InChI=1S/C24H32FN3OS.C4H4O4/c1-27(24(30-2)26-21-8-4-3-5-9-21)22-14-17-28(18-15-22)16-6-7-19-29-23-12-10-20(25)11-13-23;5-3(6)1-2-4(7)8/h3-5,8-13,22H,6-7,14-19H2,1-2H3;1-2H,(H,5,6)(H,7,8). The highest BCUT2D eigenvalue weighted by molar-refractivity contribution is 8.13. The van der Waals surface area contributed by atoms with Crippen LogP contribution >= 0.6 is 11.8 Å². The van der Waals surface area contributed by atoms with E-state index in [9.17, 15) is 14.0 Å². The fourth-order valence-corrected chi connectivity index (χ4v) is 4.50. The van der Waals surface area contributed by atoms with Gasteiger partial charge in [0.15, 0.2) is 5.17 Å². The molecule has 0 bridgehead atoms. The summed E-state index contributed by atoms with van der Waals surface area (Å²) in [5, 5.41) is 16.7. The number of hydrogen-bond acceptors (Lipinski definition) is 6. The maximum atomic E-state index is 12.9. The summed E-state index contributed by atoms with van der Waals surface area (Å²) < 4.78 is 18.6. The van der Waals surface area contributed by atoms with Gasteiger partial charge in [-0.3, -0.25) is 0 Å². The summed E-state index contributed by atoms with van der Waals surface area (Å²) in [6.45, 7) is 4.04. The minimum Gasteiger partial charge on any atom is -0.494 e. The van der Waals surface area contributed by atoms with Gasteiger partial charge in [0.2, 0.25) is 0 Å². The molecule has 2 aromatic carbocycles. The summed E-state index contributed by atoms with van der Waals surface area (Å²) in [7, 11) is 2.17. The number of rotatable bonds is 10. The van der Waals surface area contributed by atoms with E-state index in [0.29, 0.717) is 24.8 Å². The predicted octanol–water partition coefficient (Wildman–Crippen LogP) is 5.14. The van der Waals surface area contributed by atoms with E-state index in [4.69, 9.17) is 19.9 Å². The summed E-state index contributed by atoms with van der Waals surface area (Å²) in [6.07, 6.45) is 7.67. The number of nitrogens with zero attached hydrogens (tertiary/aromatic N) is 3. The number of thioether (sulfide) groups is 1. The Hall–Kier alpha value is -3.37. The van der Waals surface area contributed by atoms with Crippen molar-refractivity contribution < 1.29 is 28.9 Å². The Morgan fingerprint density at radius 2 is 1.66 bits per heavy atom. The number of aliphatic carboxylic acids is 2. The van der Waals surface area contributed by atoms with Gasteiger partial charge in [0.05, 0.1) is 12.3 Å². The van der Waals surface area contributed by atoms with Gasteiger partial charge in [0, 0.05) is 38.3 Å². The molecule has 1 fully saturated rings. The lowest BCUT2D eigenvalue weighted by molar-refractivity contribution is -0.134. The van der Waals surface area contributed by atoms with Gasteiger partial charge in [0.25, 0.3) is 0 Å². The minimum absolute atomic E-state index is 0.229. The van der Waals surface area contributed by atoms with Crippen molar-refractivity contribution in [2.75, 3.05) is 39.5 Å². The average Bonchev–Trinajstić information content (AvgIpc) is 2.92. The number of hydrogen-bond donors (Lipinski definition) is 2. The molecule has 3 rings (SSSR count). The third-order valence-electron chi connectivity index (χ3n) is 5.89. The molecular weight excluding hydrogens is 509 g/mol. The molecule has 0 spiro atoms. The first kappa shape index (κ1) is 30.9. The van der Waals surface area contributed by atoms with Gasteiger partial charge in [0.1, 0.15) is 11.6 Å². The zero-order chi connectivity index (χ0) is 27.8. The van der Waals surface area contributed by atoms with Crippen LogP contribution in [-0.4, -0.2) is 82.7 Å². The number of ether oxygens (including phenoxy) is 1. The number of carboxylic acid groups (broad SMARTS) is 2. The molecule has 1 saturated heterocycles. The Balaban J connectivity index is 0.000000550. The second-order valence-electron chi connectivity index (χ2n) is 8.64. The second kappa shape index (κ2) is 17.2. The van der Waals surface area contributed by atoms with Crippen LogP contribution in [0.3, 0.4) is 0 Å². The average molecular weight is 546 g/mol. The highest BCUT2D eigenvalue weighted by atomic mass is 32.2. The molecule has 0 unspecified atom stereocenters. The first-order valence-electron chi connectivity index (χ1n) is 12.4. The van der Waals surface area contributed by atoms with Crippen molar-refractivity contribution in [3.8, 4) is 5.75 Å². The number of amidine groups is 1. The lowest BCUT2D eigenvalue weighted by Crippen LogP contribution is -2.45. The fourth-order valence-electron chi connectivity index (χ4n) is 3.87. The minimum atomic E-state index is -1.26. The number of para-hydroxylation sites is 1. The first-order valence-corrected chi connectivity index (χ1v) is 13.7. The van der Waals surface area contributed by atoms with E-state index in [-0.39, 0.29) is 5.82 Å². The normalized spacial score (nSPS) is 14.6. The van der Waals surface area contributed by atoms with E-state index in [0.717, 1.165) is 61.9 Å². The summed E-state index contributed by atoms with van der Waals surface area (Å²) >= 11 is 1.71. The lowest BCUT2D eigenvalue weighted by atomic mass is 10.0. The van der Waals surface area contributed by atoms with E-state index in [1.54, 1.807) is 23.9 Å². The molecule has 1 aliphatic rings. The van der Waals surface area contributed by atoms with Crippen molar-refractivity contribution in [2.45, 2.75) is 31.7 Å². The molecule has 0 atom stereocenters. The number of halogens is 1. The summed E-state index contributed by atoms with van der Waals surface area (Å²) in [5.41, 5.74) is 1.01. The molecule has 206 valence electrons. The number of carbonyl (C=O) groups is 2. The first-order chi connectivity index (χ1) is 18.3. The molecule has 0 saturated carbocycles. The van der Waals surface area contributed by atoms with Crippen LogP contribution in [0.25, 0.3) is 0 Å². The summed E-state index contributed by atoms with van der Waals surface area (Å²) in [6, 6.07) is 16.9. The number of likely N-dealkylation sites (tertiary alicyclic amines) is 1. The van der Waals surface area contributed by atoms with Crippen LogP contribution in [0.5, 0.6) is 5.75 Å². The molecule has 0 aliphatic carbocycles. The van der Waals surface area contributed by atoms with Gasteiger partial charge >= 0.3 is 11.9 Å². The SMILES string of the molecule is CSC(=Nc1ccccc1)N(C)C1CCN(CCCCOc2ccc(F)cc2)CC1.O=C(O)C=CC(=O)O. The van der Waals surface area contributed by atoms with Gasteiger partial charge < -0.3 is 24.7 Å². The topological polar surface area (TPSA) is 103 Å². The second-order valence-corrected chi connectivity index (χ2v) is 9.41. The Labute approximate surface area is 227 Å². The smallest absolute Gasteiger partial charge is 0.328 e. The van der Waals surface area contributed by atoms with Crippen LogP contribution < -0.4 is 4.74 Å². The third kappa shape index (κ3) is 12.2. The van der Waals surface area contributed by atoms with Crippen LogP contribution in [0.2, 0.25) is 0 Å². The Morgan fingerprint density at radius 1 is 1.05 bits per heavy atom. The molecule has 2 aromatic rings. The molecule has 0 amide bonds. The molecule has 0 radical (unpaired) electrons. The zero-order valence-corrected chi connectivity index (χ0v) is 22.6. The van der Waals surface area contributed by atoms with E-state index in [2.05, 4.69) is 23.1 Å². The molecular formula is C28H36FN3O5S. The van der Waals surface area contributed by atoms with Gasteiger partial charge in [-0.25, -0.2) is 19.0 Å². The molecule has 1 aliphatic heterocycles. The van der Waals surface area contributed by atoms with Crippen LogP contribution in [-0.2, 0) is 9.59 Å². The number of benzene rings is 2. The fraction of sp³-hybridized carbons (Fsp3) is 0.393. The van der Waals surface area contributed by atoms with Crippen molar-refractivity contribution in [1.29, 1.82) is 0 Å². The van der Waals surface area contributed by atoms with Gasteiger partial charge in [-0.15, -0.1) is 0 Å².